The van der Waals surface area contributed by atoms with Gasteiger partial charge >= 0.3 is 0 Å². The number of hydrogen-bond donors (Lipinski definition) is 0. The molecule has 0 aliphatic heterocycles. The molecule has 3 aromatic rings. The normalized spacial score (nSPS) is 11.4. The number of hydrogen-bond acceptors (Lipinski definition) is 5. The van der Waals surface area contributed by atoms with Crippen molar-refractivity contribution in [3.05, 3.63) is 39.5 Å². The fourth-order valence-electron chi connectivity index (χ4n) is 1.97. The SMILES string of the molecule is Cc1occc1SCc1nc(Cl)c2c(C)c(C)sc2n1. The predicted molar refractivity (Wildman–Crippen MR) is 84.9 cm³/mol. The van der Waals surface area contributed by atoms with Gasteiger partial charge in [0.1, 0.15) is 21.6 Å². The molecule has 3 rings (SSSR count). The summed E-state index contributed by atoms with van der Waals surface area (Å²) in [5, 5.41) is 1.54. The Balaban J connectivity index is 1.91. The molecule has 0 aliphatic rings. The van der Waals surface area contributed by atoms with Gasteiger partial charge in [-0.15, -0.1) is 23.1 Å². The minimum atomic E-state index is 0.552. The molecule has 0 aliphatic carbocycles. The summed E-state index contributed by atoms with van der Waals surface area (Å²) in [6.07, 6.45) is 1.70. The zero-order chi connectivity index (χ0) is 14.3. The van der Waals surface area contributed by atoms with Gasteiger partial charge in [-0.3, -0.25) is 0 Å². The van der Waals surface area contributed by atoms with E-state index in [1.165, 1.54) is 10.4 Å². The lowest BCUT2D eigenvalue weighted by molar-refractivity contribution is 0.527. The van der Waals surface area contributed by atoms with Crippen LogP contribution >= 0.6 is 34.7 Å². The van der Waals surface area contributed by atoms with E-state index in [1.807, 2.05) is 13.0 Å². The lowest BCUT2D eigenvalue weighted by Gasteiger charge is -2.02. The second-order valence-corrected chi connectivity index (χ2v) is 7.10. The number of aromatic nitrogens is 2. The first kappa shape index (κ1) is 13.9. The Labute approximate surface area is 130 Å². The first-order valence-corrected chi connectivity index (χ1v) is 8.33. The molecule has 20 heavy (non-hydrogen) atoms. The summed E-state index contributed by atoms with van der Waals surface area (Å²) in [5.74, 6) is 2.37. The maximum absolute atomic E-state index is 6.30. The number of furan rings is 1. The molecule has 0 saturated heterocycles. The van der Waals surface area contributed by atoms with Crippen molar-refractivity contribution in [2.45, 2.75) is 31.4 Å². The maximum atomic E-state index is 6.30. The quantitative estimate of drug-likeness (QED) is 0.493. The minimum Gasteiger partial charge on any atom is -0.468 e. The highest BCUT2D eigenvalue weighted by Gasteiger charge is 2.13. The summed E-state index contributed by atoms with van der Waals surface area (Å²) in [5.41, 5.74) is 1.18. The van der Waals surface area contributed by atoms with E-state index in [4.69, 9.17) is 16.0 Å². The lowest BCUT2D eigenvalue weighted by Crippen LogP contribution is -1.93. The third-order valence-electron chi connectivity index (χ3n) is 3.20. The first-order valence-electron chi connectivity index (χ1n) is 6.15. The van der Waals surface area contributed by atoms with E-state index in [2.05, 4.69) is 23.8 Å². The Bertz CT molecular complexity index is 779. The number of halogens is 1. The second kappa shape index (κ2) is 5.39. The number of nitrogens with zero attached hydrogens (tertiary/aromatic N) is 2. The monoisotopic (exact) mass is 324 g/mol. The van der Waals surface area contributed by atoms with Gasteiger partial charge in [0.2, 0.25) is 0 Å². The average molecular weight is 325 g/mol. The van der Waals surface area contributed by atoms with Gasteiger partial charge in [-0.1, -0.05) is 11.6 Å². The molecule has 0 unspecified atom stereocenters. The highest BCUT2D eigenvalue weighted by atomic mass is 35.5. The Morgan fingerprint density at radius 2 is 2.10 bits per heavy atom. The van der Waals surface area contributed by atoms with Crippen LogP contribution in [0.4, 0.5) is 0 Å². The van der Waals surface area contributed by atoms with Crippen molar-refractivity contribution in [3.63, 3.8) is 0 Å². The summed E-state index contributed by atoms with van der Waals surface area (Å²) in [7, 11) is 0. The molecule has 3 aromatic heterocycles. The number of aryl methyl sites for hydroxylation is 3. The topological polar surface area (TPSA) is 38.9 Å². The summed E-state index contributed by atoms with van der Waals surface area (Å²) >= 11 is 9.63. The van der Waals surface area contributed by atoms with Crippen LogP contribution in [0, 0.1) is 20.8 Å². The largest absolute Gasteiger partial charge is 0.468 e. The predicted octanol–water partition coefficient (Wildman–Crippen LogP) is 5.16. The number of thioether (sulfide) groups is 1. The number of rotatable bonds is 3. The van der Waals surface area contributed by atoms with Gasteiger partial charge in [-0.2, -0.15) is 0 Å². The molecule has 0 atom stereocenters. The molecule has 3 heterocycles. The van der Waals surface area contributed by atoms with Crippen LogP contribution < -0.4 is 0 Å². The Morgan fingerprint density at radius 3 is 2.80 bits per heavy atom. The Hall–Kier alpha value is -1.04. The molecule has 0 fully saturated rings. The van der Waals surface area contributed by atoms with Crippen LogP contribution in [0.2, 0.25) is 5.15 Å². The highest BCUT2D eigenvalue weighted by molar-refractivity contribution is 7.98. The standard InChI is InChI=1S/C14H13ClN2OS2/c1-7-9(3)20-14-12(7)13(15)16-11(17-14)6-19-10-4-5-18-8(10)2/h4-5H,6H2,1-3H3. The fraction of sp³-hybridized carbons (Fsp3) is 0.286. The van der Waals surface area contributed by atoms with Crippen molar-refractivity contribution >= 4 is 44.9 Å². The van der Waals surface area contributed by atoms with Crippen molar-refractivity contribution in [1.82, 2.24) is 9.97 Å². The molecule has 0 spiro atoms. The van der Waals surface area contributed by atoms with Crippen molar-refractivity contribution in [2.24, 2.45) is 0 Å². The molecular formula is C14H13ClN2OS2. The lowest BCUT2D eigenvalue weighted by atomic mass is 10.2. The smallest absolute Gasteiger partial charge is 0.142 e. The molecule has 3 nitrogen and oxygen atoms in total. The van der Waals surface area contributed by atoms with Crippen LogP contribution in [0.1, 0.15) is 22.0 Å². The van der Waals surface area contributed by atoms with E-state index < -0.39 is 0 Å². The van der Waals surface area contributed by atoms with E-state index in [9.17, 15) is 0 Å². The molecule has 0 amide bonds. The molecule has 0 aromatic carbocycles. The van der Waals surface area contributed by atoms with Crippen molar-refractivity contribution in [2.75, 3.05) is 0 Å². The van der Waals surface area contributed by atoms with E-state index in [0.717, 1.165) is 26.7 Å². The third kappa shape index (κ3) is 2.45. The summed E-state index contributed by atoms with van der Waals surface area (Å²) < 4.78 is 5.28. The summed E-state index contributed by atoms with van der Waals surface area (Å²) in [6, 6.07) is 1.96. The van der Waals surface area contributed by atoms with Gasteiger partial charge in [0.05, 0.1) is 17.4 Å². The van der Waals surface area contributed by atoms with Crippen LogP contribution in [0.3, 0.4) is 0 Å². The minimum absolute atomic E-state index is 0.552. The molecule has 0 N–H and O–H groups in total. The zero-order valence-corrected chi connectivity index (χ0v) is 13.7. The Kier molecular flexibility index (Phi) is 3.75. The van der Waals surface area contributed by atoms with Gasteiger partial charge < -0.3 is 4.42 Å². The fourth-order valence-corrected chi connectivity index (χ4v) is 4.22. The zero-order valence-electron chi connectivity index (χ0n) is 11.4. The van der Waals surface area contributed by atoms with Gasteiger partial charge in [0.25, 0.3) is 0 Å². The van der Waals surface area contributed by atoms with E-state index >= 15 is 0 Å². The molecule has 6 heteroatoms. The van der Waals surface area contributed by atoms with Gasteiger partial charge in [-0.05, 0) is 32.4 Å². The summed E-state index contributed by atoms with van der Waals surface area (Å²) in [6.45, 7) is 6.10. The number of fused-ring (bicyclic) bond motifs is 1. The number of thiophene rings is 1. The van der Waals surface area contributed by atoms with Crippen molar-refractivity contribution < 1.29 is 4.42 Å². The third-order valence-corrected chi connectivity index (χ3v) is 5.71. The van der Waals surface area contributed by atoms with Crippen LogP contribution in [-0.2, 0) is 5.75 Å². The van der Waals surface area contributed by atoms with E-state index in [0.29, 0.717) is 10.9 Å². The summed E-state index contributed by atoms with van der Waals surface area (Å²) in [4.78, 5) is 12.4. The average Bonchev–Trinajstić information content (AvgIpc) is 2.92. The van der Waals surface area contributed by atoms with Crippen LogP contribution in [-0.4, -0.2) is 9.97 Å². The molecule has 0 saturated carbocycles. The van der Waals surface area contributed by atoms with Crippen LogP contribution in [0.15, 0.2) is 21.6 Å². The molecule has 0 bridgehead atoms. The van der Waals surface area contributed by atoms with Crippen molar-refractivity contribution in [3.8, 4) is 0 Å². The van der Waals surface area contributed by atoms with Gasteiger partial charge in [-0.25, -0.2) is 9.97 Å². The highest BCUT2D eigenvalue weighted by Crippen LogP contribution is 2.34. The van der Waals surface area contributed by atoms with E-state index in [1.54, 1.807) is 29.4 Å². The first-order chi connectivity index (χ1) is 9.56. The Morgan fingerprint density at radius 1 is 1.30 bits per heavy atom. The maximum Gasteiger partial charge on any atom is 0.142 e. The van der Waals surface area contributed by atoms with Gasteiger partial charge in [0.15, 0.2) is 0 Å². The van der Waals surface area contributed by atoms with Crippen LogP contribution in [0.25, 0.3) is 10.2 Å². The van der Waals surface area contributed by atoms with E-state index in [-0.39, 0.29) is 0 Å². The molecular weight excluding hydrogens is 312 g/mol. The second-order valence-electron chi connectivity index (χ2n) is 4.52. The molecule has 104 valence electrons. The van der Waals surface area contributed by atoms with Gasteiger partial charge in [0, 0.05) is 9.77 Å². The molecule has 0 radical (unpaired) electrons. The van der Waals surface area contributed by atoms with Crippen LogP contribution in [0.5, 0.6) is 0 Å². The van der Waals surface area contributed by atoms with Crippen molar-refractivity contribution in [1.29, 1.82) is 0 Å².